The maximum atomic E-state index is 12.7. The summed E-state index contributed by atoms with van der Waals surface area (Å²) in [6, 6.07) is 6.90. The van der Waals surface area contributed by atoms with Gasteiger partial charge in [-0.25, -0.2) is 4.98 Å². The van der Waals surface area contributed by atoms with E-state index in [1.807, 2.05) is 47.3 Å². The highest BCUT2D eigenvalue weighted by atomic mass is 32.2. The van der Waals surface area contributed by atoms with E-state index < -0.39 is 0 Å². The number of rotatable bonds is 4. The average Bonchev–Trinajstić information content (AvgIpc) is 3.56. The molecule has 29 heavy (non-hydrogen) atoms. The quantitative estimate of drug-likeness (QED) is 0.827. The third-order valence-electron chi connectivity index (χ3n) is 6.44. The molecule has 8 heteroatoms. The fraction of sp³-hybridized carbons (Fsp3) is 0.571. The number of hydrogen-bond acceptors (Lipinski definition) is 6. The molecule has 5 rings (SSSR count). The Labute approximate surface area is 175 Å². The Morgan fingerprint density at radius 2 is 2.00 bits per heavy atom. The molecular formula is C21H28N6OS. The van der Waals surface area contributed by atoms with Gasteiger partial charge in [-0.2, -0.15) is 0 Å². The largest absolute Gasteiger partial charge is 0.331 e. The Kier molecular flexibility index (Phi) is 5.56. The van der Waals surface area contributed by atoms with Crippen LogP contribution in [0.5, 0.6) is 0 Å². The van der Waals surface area contributed by atoms with Crippen molar-refractivity contribution in [2.24, 2.45) is 0 Å². The van der Waals surface area contributed by atoms with Gasteiger partial charge in [0, 0.05) is 62.6 Å². The summed E-state index contributed by atoms with van der Waals surface area (Å²) >= 11 is 1.85. The van der Waals surface area contributed by atoms with Crippen molar-refractivity contribution >= 4 is 17.7 Å². The van der Waals surface area contributed by atoms with Crippen LogP contribution < -0.4 is 5.32 Å². The van der Waals surface area contributed by atoms with Crippen LogP contribution in [0.4, 0.5) is 0 Å². The second-order valence-corrected chi connectivity index (χ2v) is 9.20. The molecular weight excluding hydrogens is 384 g/mol. The smallest absolute Gasteiger partial charge is 0.240 e. The third kappa shape index (κ3) is 3.93. The first kappa shape index (κ1) is 19.1. The average molecular weight is 413 g/mol. The van der Waals surface area contributed by atoms with Gasteiger partial charge in [0.2, 0.25) is 5.91 Å². The Bertz CT molecular complexity index is 829. The van der Waals surface area contributed by atoms with Crippen LogP contribution >= 0.6 is 11.8 Å². The Morgan fingerprint density at radius 1 is 1.10 bits per heavy atom. The van der Waals surface area contributed by atoms with Crippen LogP contribution in [0.2, 0.25) is 0 Å². The monoisotopic (exact) mass is 412 g/mol. The molecule has 0 aliphatic carbocycles. The number of thioether (sulfide) groups is 1. The fourth-order valence-electron chi connectivity index (χ4n) is 4.82. The van der Waals surface area contributed by atoms with Gasteiger partial charge in [-0.3, -0.25) is 14.7 Å². The van der Waals surface area contributed by atoms with Crippen molar-refractivity contribution in [3.8, 4) is 11.5 Å². The summed E-state index contributed by atoms with van der Waals surface area (Å²) in [7, 11) is 0. The maximum Gasteiger partial charge on any atom is 0.240 e. The summed E-state index contributed by atoms with van der Waals surface area (Å²) in [5.74, 6) is 3.19. The molecule has 2 aromatic rings. The Morgan fingerprint density at radius 3 is 2.76 bits per heavy atom. The molecule has 2 atom stereocenters. The van der Waals surface area contributed by atoms with Crippen LogP contribution in [0.25, 0.3) is 11.5 Å². The van der Waals surface area contributed by atoms with Gasteiger partial charge in [-0.1, -0.05) is 6.07 Å². The summed E-state index contributed by atoms with van der Waals surface area (Å²) in [6.07, 6.45) is 8.94. The fourth-order valence-corrected chi connectivity index (χ4v) is 5.78. The Balaban J connectivity index is 1.18. The lowest BCUT2D eigenvalue weighted by molar-refractivity contribution is -0.131. The molecule has 0 radical (unpaired) electrons. The molecule has 3 fully saturated rings. The lowest BCUT2D eigenvalue weighted by Crippen LogP contribution is -2.43. The van der Waals surface area contributed by atoms with Gasteiger partial charge < -0.3 is 14.8 Å². The number of carbonyl (C=O) groups is 1. The number of likely N-dealkylation sites (tertiary alicyclic amines) is 1. The molecule has 2 aromatic heterocycles. The second kappa shape index (κ2) is 8.45. The van der Waals surface area contributed by atoms with E-state index in [9.17, 15) is 4.79 Å². The van der Waals surface area contributed by atoms with E-state index in [2.05, 4.69) is 30.9 Å². The van der Waals surface area contributed by atoms with Crippen molar-refractivity contribution in [2.45, 2.75) is 37.4 Å². The van der Waals surface area contributed by atoms with Crippen LogP contribution in [0, 0.1) is 0 Å². The van der Waals surface area contributed by atoms with E-state index in [1.54, 1.807) is 0 Å². The minimum absolute atomic E-state index is 0.000768. The molecule has 0 saturated carbocycles. The van der Waals surface area contributed by atoms with Crippen molar-refractivity contribution in [2.75, 3.05) is 37.8 Å². The summed E-state index contributed by atoms with van der Waals surface area (Å²) in [4.78, 5) is 26.3. The molecule has 3 aliphatic heterocycles. The van der Waals surface area contributed by atoms with Crippen LogP contribution in [0.1, 0.15) is 25.3 Å². The standard InChI is InChI=1S/C21H28N6OS/c28-21(26-11-12-29-15-26)19-13-17(14-24-19)25-8-4-16(5-9-25)27-10-7-23-20(27)18-3-1-2-6-22-18/h1-3,6-7,10,16-17,19,24H,4-5,8-9,11-15H2/t17-,19-/m0/s1. The number of amides is 1. The van der Waals surface area contributed by atoms with Gasteiger partial charge in [0.15, 0.2) is 5.82 Å². The summed E-state index contributed by atoms with van der Waals surface area (Å²) in [6.45, 7) is 3.96. The van der Waals surface area contributed by atoms with Gasteiger partial charge in [0.05, 0.1) is 11.9 Å². The van der Waals surface area contributed by atoms with E-state index in [0.717, 1.165) is 68.6 Å². The molecule has 0 unspecified atom stereocenters. The minimum atomic E-state index is 0.000768. The number of nitrogens with one attached hydrogen (secondary N) is 1. The summed E-state index contributed by atoms with van der Waals surface area (Å²) < 4.78 is 2.30. The zero-order valence-corrected chi connectivity index (χ0v) is 17.4. The number of imidazole rings is 1. The molecule has 0 aromatic carbocycles. The molecule has 0 bridgehead atoms. The van der Waals surface area contributed by atoms with Gasteiger partial charge in [0.1, 0.15) is 5.69 Å². The van der Waals surface area contributed by atoms with E-state index in [0.29, 0.717) is 18.0 Å². The summed E-state index contributed by atoms with van der Waals surface area (Å²) in [5.41, 5.74) is 0.932. The van der Waals surface area contributed by atoms with Crippen molar-refractivity contribution in [1.82, 2.24) is 29.7 Å². The van der Waals surface area contributed by atoms with E-state index in [4.69, 9.17) is 0 Å². The number of hydrogen-bond donors (Lipinski definition) is 1. The third-order valence-corrected chi connectivity index (χ3v) is 7.41. The zero-order chi connectivity index (χ0) is 19.6. The first-order valence-electron chi connectivity index (χ1n) is 10.6. The molecule has 1 amide bonds. The van der Waals surface area contributed by atoms with Gasteiger partial charge in [0.25, 0.3) is 0 Å². The van der Waals surface area contributed by atoms with Crippen molar-refractivity contribution < 1.29 is 4.79 Å². The van der Waals surface area contributed by atoms with Crippen LogP contribution in [0.15, 0.2) is 36.8 Å². The lowest BCUT2D eigenvalue weighted by Gasteiger charge is -2.36. The van der Waals surface area contributed by atoms with Crippen molar-refractivity contribution in [1.29, 1.82) is 0 Å². The molecule has 3 saturated heterocycles. The second-order valence-electron chi connectivity index (χ2n) is 8.13. The van der Waals surface area contributed by atoms with Crippen molar-refractivity contribution in [3.63, 3.8) is 0 Å². The SMILES string of the molecule is O=C([C@@H]1C[C@H](N2CCC(n3ccnc3-c3ccccn3)CC2)CN1)N1CCSC1. The van der Waals surface area contributed by atoms with Crippen molar-refractivity contribution in [3.05, 3.63) is 36.8 Å². The van der Waals surface area contributed by atoms with Gasteiger partial charge in [-0.15, -0.1) is 11.8 Å². The minimum Gasteiger partial charge on any atom is -0.331 e. The number of pyridine rings is 1. The first-order chi connectivity index (χ1) is 14.3. The molecule has 0 spiro atoms. The molecule has 5 heterocycles. The molecule has 1 N–H and O–H groups in total. The highest BCUT2D eigenvalue weighted by molar-refractivity contribution is 7.99. The van der Waals surface area contributed by atoms with E-state index in [1.165, 1.54) is 0 Å². The predicted octanol–water partition coefficient (Wildman–Crippen LogP) is 1.85. The van der Waals surface area contributed by atoms with Gasteiger partial charge >= 0.3 is 0 Å². The highest BCUT2D eigenvalue weighted by Crippen LogP contribution is 2.29. The normalized spacial score (nSPS) is 26.3. The summed E-state index contributed by atoms with van der Waals surface area (Å²) in [5, 5.41) is 3.48. The number of nitrogens with zero attached hydrogens (tertiary/aromatic N) is 5. The number of aromatic nitrogens is 3. The number of carbonyl (C=O) groups excluding carboxylic acids is 1. The zero-order valence-electron chi connectivity index (χ0n) is 16.6. The number of piperidine rings is 1. The van der Waals surface area contributed by atoms with Crippen LogP contribution in [0.3, 0.4) is 0 Å². The topological polar surface area (TPSA) is 66.3 Å². The van der Waals surface area contributed by atoms with Crippen LogP contribution in [-0.4, -0.2) is 80.1 Å². The highest BCUT2D eigenvalue weighted by Gasteiger charge is 2.37. The molecule has 154 valence electrons. The predicted molar refractivity (Wildman–Crippen MR) is 115 cm³/mol. The first-order valence-corrected chi connectivity index (χ1v) is 11.7. The molecule has 3 aliphatic rings. The maximum absolute atomic E-state index is 12.7. The Hall–Kier alpha value is -1.90. The van der Waals surface area contributed by atoms with E-state index in [-0.39, 0.29) is 6.04 Å². The van der Waals surface area contributed by atoms with Crippen LogP contribution in [-0.2, 0) is 4.79 Å². The van der Waals surface area contributed by atoms with Gasteiger partial charge in [-0.05, 0) is 31.4 Å². The molecule has 7 nitrogen and oxygen atoms in total. The lowest BCUT2D eigenvalue weighted by atomic mass is 10.0. The van der Waals surface area contributed by atoms with E-state index >= 15 is 0 Å².